The summed E-state index contributed by atoms with van der Waals surface area (Å²) in [5.74, 6) is 0.468. The summed E-state index contributed by atoms with van der Waals surface area (Å²) in [6.45, 7) is 7.40. The van der Waals surface area contributed by atoms with Crippen LogP contribution in [0.2, 0.25) is 0 Å². The lowest BCUT2D eigenvalue weighted by Crippen LogP contribution is -2.46. The van der Waals surface area contributed by atoms with E-state index in [4.69, 9.17) is 0 Å². The molecule has 2 unspecified atom stereocenters. The van der Waals surface area contributed by atoms with Gasteiger partial charge in [-0.2, -0.15) is 0 Å². The predicted octanol–water partition coefficient (Wildman–Crippen LogP) is 3.61. The summed E-state index contributed by atoms with van der Waals surface area (Å²) in [4.78, 5) is 36.1. The van der Waals surface area contributed by atoms with E-state index in [-0.39, 0.29) is 29.5 Å². The zero-order chi connectivity index (χ0) is 27.1. The fourth-order valence-corrected chi connectivity index (χ4v) is 6.22. The summed E-state index contributed by atoms with van der Waals surface area (Å²) in [6, 6.07) is 17.3. The largest absolute Gasteiger partial charge is 0.358 e. The number of fused-ring (bicyclic) bond motifs is 2. The number of carbonyl (C=O) groups excluding carboxylic acids is 1. The van der Waals surface area contributed by atoms with E-state index in [1.165, 1.54) is 6.42 Å². The van der Waals surface area contributed by atoms with Gasteiger partial charge in [0.1, 0.15) is 0 Å². The number of hydrogen-bond donors (Lipinski definition) is 2. The first-order valence-corrected chi connectivity index (χ1v) is 14.1. The third-order valence-corrected chi connectivity index (χ3v) is 8.65. The highest BCUT2D eigenvalue weighted by Gasteiger charge is 2.42. The molecule has 2 bridgehead atoms. The topological polar surface area (TPSA) is 82.5 Å². The first kappa shape index (κ1) is 25.8. The van der Waals surface area contributed by atoms with Crippen LogP contribution in [0.25, 0.3) is 5.69 Å². The van der Waals surface area contributed by atoms with Gasteiger partial charge < -0.3 is 15.5 Å². The van der Waals surface area contributed by atoms with Crippen LogP contribution in [-0.4, -0.2) is 70.1 Å². The number of carbonyl (C=O) groups is 1. The Hall–Kier alpha value is -3.49. The summed E-state index contributed by atoms with van der Waals surface area (Å²) >= 11 is 0. The van der Waals surface area contributed by atoms with Gasteiger partial charge in [-0.1, -0.05) is 43.3 Å². The molecule has 0 spiro atoms. The Kier molecular flexibility index (Phi) is 6.99. The summed E-state index contributed by atoms with van der Waals surface area (Å²) in [7, 11) is 2.23. The molecule has 2 aromatic carbocycles. The number of aromatic nitrogens is 2. The summed E-state index contributed by atoms with van der Waals surface area (Å²) in [5, 5.41) is 6.57. The maximum Gasteiger partial charge on any atom is 0.297 e. The second-order valence-electron chi connectivity index (χ2n) is 11.6. The normalized spacial score (nSPS) is 22.5. The summed E-state index contributed by atoms with van der Waals surface area (Å²) in [5.41, 5.74) is 3.07. The molecule has 3 heterocycles. The van der Waals surface area contributed by atoms with Crippen molar-refractivity contribution in [3.8, 4) is 5.69 Å². The van der Waals surface area contributed by atoms with E-state index in [0.29, 0.717) is 29.2 Å². The van der Waals surface area contributed by atoms with E-state index >= 15 is 0 Å². The number of aryl methyl sites for hydroxylation is 1. The molecule has 6 rings (SSSR count). The van der Waals surface area contributed by atoms with Crippen LogP contribution in [0.4, 0.5) is 5.82 Å². The smallest absolute Gasteiger partial charge is 0.297 e. The van der Waals surface area contributed by atoms with Crippen molar-refractivity contribution in [3.05, 3.63) is 88.0 Å². The minimum absolute atomic E-state index is 0.0733. The summed E-state index contributed by atoms with van der Waals surface area (Å²) in [6.07, 6.45) is 6.63. The van der Waals surface area contributed by atoms with Gasteiger partial charge in [0, 0.05) is 55.7 Å². The molecule has 1 amide bonds. The molecule has 0 radical (unpaired) electrons. The first-order valence-electron chi connectivity index (χ1n) is 14.1. The van der Waals surface area contributed by atoms with Gasteiger partial charge in [0.25, 0.3) is 11.5 Å². The van der Waals surface area contributed by atoms with E-state index in [1.54, 1.807) is 23.0 Å². The van der Waals surface area contributed by atoms with E-state index in [1.807, 2.05) is 37.3 Å². The van der Waals surface area contributed by atoms with Crippen molar-refractivity contribution >= 4 is 11.7 Å². The number of nitrogens with zero attached hydrogens (tertiary/aromatic N) is 4. The van der Waals surface area contributed by atoms with Gasteiger partial charge in [0.05, 0.1) is 11.7 Å². The number of anilines is 1. The fraction of sp³-hybridized carbons (Fsp3) is 0.452. The first-order chi connectivity index (χ1) is 18.9. The van der Waals surface area contributed by atoms with Gasteiger partial charge in [-0.25, -0.2) is 4.98 Å². The number of amides is 1. The number of hydrogen-bond acceptors (Lipinski definition) is 6. The molecule has 1 aliphatic carbocycles. The van der Waals surface area contributed by atoms with Crippen molar-refractivity contribution in [2.75, 3.05) is 32.0 Å². The lowest BCUT2D eigenvalue weighted by atomic mass is 9.93. The van der Waals surface area contributed by atoms with Crippen LogP contribution in [0.5, 0.6) is 0 Å². The maximum absolute atomic E-state index is 13.8. The predicted molar refractivity (Wildman–Crippen MR) is 153 cm³/mol. The van der Waals surface area contributed by atoms with Gasteiger partial charge in [0.2, 0.25) is 0 Å². The Morgan fingerprint density at radius 2 is 1.90 bits per heavy atom. The zero-order valence-electron chi connectivity index (χ0n) is 23.0. The highest BCUT2D eigenvalue weighted by atomic mass is 16.2. The molecule has 1 saturated carbocycles. The van der Waals surface area contributed by atoms with E-state index < -0.39 is 0 Å². The molecule has 8 heteroatoms. The minimum Gasteiger partial charge on any atom is -0.358 e. The van der Waals surface area contributed by atoms with Crippen LogP contribution in [-0.2, 0) is 0 Å². The Labute approximate surface area is 230 Å². The van der Waals surface area contributed by atoms with Crippen LogP contribution in [0, 0.1) is 12.8 Å². The molecule has 2 saturated heterocycles. The maximum atomic E-state index is 13.8. The Balaban J connectivity index is 1.27. The SMILES string of the molecule is Cc1ccc(C(=O)NC2CC2)cc1-n1ccnc(N[C@@H](c2ccccc2)[C@@H](C)CN2CC3CC2CN3C)c1=O. The quantitative estimate of drug-likeness (QED) is 0.443. The standard InChI is InChI=1S/C31H38N6O2/c1-20-9-10-23(30(38)33-24-11-12-24)15-27(20)37-14-13-32-29(31(37)39)34-28(22-7-5-4-6-8-22)21(2)17-36-19-25-16-26(36)18-35(25)3/h4-10,13-15,21,24-26,28H,11-12,16-19H2,1-3H3,(H,32,34)(H,33,38)/t21-,25?,26?,28+/m0/s1. The second kappa shape index (κ2) is 10.6. The van der Waals surface area contributed by atoms with Crippen LogP contribution in [0.15, 0.2) is 65.7 Å². The van der Waals surface area contributed by atoms with Crippen LogP contribution in [0.3, 0.4) is 0 Å². The zero-order valence-corrected chi connectivity index (χ0v) is 23.0. The molecule has 204 valence electrons. The molecule has 2 N–H and O–H groups in total. The van der Waals surface area contributed by atoms with E-state index in [2.05, 4.69) is 51.5 Å². The monoisotopic (exact) mass is 526 g/mol. The van der Waals surface area contributed by atoms with Gasteiger partial charge in [-0.3, -0.25) is 19.1 Å². The molecule has 3 aliphatic rings. The van der Waals surface area contributed by atoms with Crippen molar-refractivity contribution in [2.24, 2.45) is 5.92 Å². The minimum atomic E-state index is -0.227. The lowest BCUT2D eigenvalue weighted by molar-refractivity contribution is 0.0951. The number of piperazine rings is 1. The van der Waals surface area contributed by atoms with Crippen molar-refractivity contribution in [1.82, 2.24) is 24.7 Å². The lowest BCUT2D eigenvalue weighted by Gasteiger charge is -2.36. The Morgan fingerprint density at radius 1 is 1.10 bits per heavy atom. The fourth-order valence-electron chi connectivity index (χ4n) is 6.22. The Morgan fingerprint density at radius 3 is 2.59 bits per heavy atom. The molecule has 1 aromatic heterocycles. The number of nitrogens with one attached hydrogen (secondary N) is 2. The average molecular weight is 527 g/mol. The van der Waals surface area contributed by atoms with Crippen LogP contribution in [0.1, 0.15) is 53.7 Å². The van der Waals surface area contributed by atoms with E-state index in [0.717, 1.165) is 43.6 Å². The highest BCUT2D eigenvalue weighted by Crippen LogP contribution is 2.33. The van der Waals surface area contributed by atoms with Gasteiger partial charge in [-0.15, -0.1) is 0 Å². The molecule has 3 fully saturated rings. The molecule has 2 aliphatic heterocycles. The molecule has 4 atom stereocenters. The van der Waals surface area contributed by atoms with Crippen molar-refractivity contribution < 1.29 is 4.79 Å². The second-order valence-corrected chi connectivity index (χ2v) is 11.6. The average Bonchev–Trinajstić information content (AvgIpc) is 3.56. The van der Waals surface area contributed by atoms with Crippen molar-refractivity contribution in [1.29, 1.82) is 0 Å². The highest BCUT2D eigenvalue weighted by molar-refractivity contribution is 5.95. The molecular weight excluding hydrogens is 488 g/mol. The third kappa shape index (κ3) is 5.36. The number of benzene rings is 2. The molecule has 39 heavy (non-hydrogen) atoms. The number of likely N-dealkylation sites (N-methyl/N-ethyl adjacent to an activating group) is 1. The molecule has 8 nitrogen and oxygen atoms in total. The van der Waals surface area contributed by atoms with Crippen molar-refractivity contribution in [3.63, 3.8) is 0 Å². The van der Waals surface area contributed by atoms with Crippen LogP contribution >= 0.6 is 0 Å². The van der Waals surface area contributed by atoms with Gasteiger partial charge in [-0.05, 0) is 62.4 Å². The third-order valence-electron chi connectivity index (χ3n) is 8.65. The number of likely N-dealkylation sites (tertiary alicyclic amines) is 2. The van der Waals surface area contributed by atoms with E-state index in [9.17, 15) is 9.59 Å². The Bertz CT molecular complexity index is 1400. The van der Waals surface area contributed by atoms with Gasteiger partial charge in [0.15, 0.2) is 5.82 Å². The van der Waals surface area contributed by atoms with Crippen LogP contribution < -0.4 is 16.2 Å². The van der Waals surface area contributed by atoms with Gasteiger partial charge >= 0.3 is 0 Å². The summed E-state index contributed by atoms with van der Waals surface area (Å²) < 4.78 is 1.60. The molecule has 3 aromatic rings. The molecular formula is C31H38N6O2. The van der Waals surface area contributed by atoms with Crippen molar-refractivity contribution in [2.45, 2.75) is 57.3 Å². The number of rotatable bonds is 9.